The normalized spacial score (nSPS) is 10.2. The maximum absolute atomic E-state index is 12.2. The van der Waals surface area contributed by atoms with Crippen LogP contribution in [0.3, 0.4) is 0 Å². The lowest BCUT2D eigenvalue weighted by Crippen LogP contribution is -2.22. The zero-order valence-corrected chi connectivity index (χ0v) is 15.3. The Morgan fingerprint density at radius 1 is 1.16 bits per heavy atom. The van der Waals surface area contributed by atoms with E-state index in [1.165, 1.54) is 0 Å². The Hall–Kier alpha value is -2.38. The van der Waals surface area contributed by atoms with Crippen molar-refractivity contribution in [2.45, 2.75) is 6.92 Å². The molecule has 0 saturated heterocycles. The molecule has 0 heterocycles. The highest BCUT2D eigenvalue weighted by Gasteiger charge is 2.14. The highest BCUT2D eigenvalue weighted by Crippen LogP contribution is 2.20. The van der Waals surface area contributed by atoms with E-state index in [0.717, 1.165) is 10.0 Å². The minimum absolute atomic E-state index is 0.0572. The number of halogens is 1. The summed E-state index contributed by atoms with van der Waals surface area (Å²) in [6.07, 6.45) is 0. The average molecular weight is 407 g/mol. The molecular formula is C18H19BrN2O4. The summed E-state index contributed by atoms with van der Waals surface area (Å²) in [5.74, 6) is -1.02. The van der Waals surface area contributed by atoms with E-state index in [1.807, 2.05) is 19.1 Å². The molecule has 3 N–H and O–H groups in total. The van der Waals surface area contributed by atoms with Crippen molar-refractivity contribution >= 4 is 39.2 Å². The predicted octanol–water partition coefficient (Wildman–Crippen LogP) is 2.96. The van der Waals surface area contributed by atoms with Crippen molar-refractivity contribution in [1.29, 1.82) is 0 Å². The Morgan fingerprint density at radius 2 is 1.92 bits per heavy atom. The molecule has 0 aliphatic rings. The highest BCUT2D eigenvalue weighted by atomic mass is 79.9. The molecule has 7 heteroatoms. The lowest BCUT2D eigenvalue weighted by Gasteiger charge is -2.12. The summed E-state index contributed by atoms with van der Waals surface area (Å²) in [6, 6.07) is 12.2. The molecule has 0 atom stereocenters. The Kier molecular flexibility index (Phi) is 6.97. The van der Waals surface area contributed by atoms with Gasteiger partial charge in [0, 0.05) is 22.4 Å². The third-order valence-corrected chi connectivity index (χ3v) is 3.86. The van der Waals surface area contributed by atoms with Crippen LogP contribution in [0.2, 0.25) is 0 Å². The molecule has 6 nitrogen and oxygen atoms in total. The minimum Gasteiger partial charge on any atom is -0.452 e. The smallest absolute Gasteiger partial charge is 0.340 e. The van der Waals surface area contributed by atoms with Gasteiger partial charge in [-0.25, -0.2) is 4.79 Å². The number of benzene rings is 2. The van der Waals surface area contributed by atoms with E-state index in [9.17, 15) is 9.59 Å². The van der Waals surface area contributed by atoms with Gasteiger partial charge in [0.1, 0.15) is 0 Å². The number of carbonyl (C=O) groups is 2. The van der Waals surface area contributed by atoms with Gasteiger partial charge in [-0.3, -0.25) is 4.79 Å². The maximum Gasteiger partial charge on any atom is 0.340 e. The van der Waals surface area contributed by atoms with E-state index in [1.54, 1.807) is 30.3 Å². The molecule has 2 rings (SSSR count). The first kappa shape index (κ1) is 19.0. The fourth-order valence-electron chi connectivity index (χ4n) is 2.17. The van der Waals surface area contributed by atoms with Crippen LogP contribution in [-0.4, -0.2) is 36.7 Å². The predicted molar refractivity (Wildman–Crippen MR) is 99.8 cm³/mol. The van der Waals surface area contributed by atoms with Gasteiger partial charge in [0.2, 0.25) is 0 Å². The van der Waals surface area contributed by atoms with E-state index < -0.39 is 11.9 Å². The minimum atomic E-state index is -0.608. The van der Waals surface area contributed by atoms with E-state index in [0.29, 0.717) is 23.5 Å². The number of rotatable bonds is 7. The van der Waals surface area contributed by atoms with Crippen molar-refractivity contribution in [3.63, 3.8) is 0 Å². The summed E-state index contributed by atoms with van der Waals surface area (Å²) in [6.45, 7) is 1.74. The molecule has 0 radical (unpaired) electrons. The zero-order valence-electron chi connectivity index (χ0n) is 13.7. The van der Waals surface area contributed by atoms with Gasteiger partial charge in [-0.2, -0.15) is 0 Å². The van der Waals surface area contributed by atoms with Crippen LogP contribution in [0.1, 0.15) is 15.9 Å². The molecular weight excluding hydrogens is 388 g/mol. The van der Waals surface area contributed by atoms with Crippen molar-refractivity contribution in [3.8, 4) is 0 Å². The van der Waals surface area contributed by atoms with Gasteiger partial charge < -0.3 is 20.5 Å². The number of anilines is 2. The quantitative estimate of drug-likeness (QED) is 0.615. The van der Waals surface area contributed by atoms with Crippen molar-refractivity contribution in [2.75, 3.05) is 30.4 Å². The molecule has 0 aliphatic carbocycles. The lowest BCUT2D eigenvalue weighted by molar-refractivity contribution is -0.119. The van der Waals surface area contributed by atoms with E-state index >= 15 is 0 Å². The molecule has 0 aliphatic heterocycles. The number of aliphatic hydroxyl groups is 1. The average Bonchev–Trinajstić information content (AvgIpc) is 2.60. The third kappa shape index (κ3) is 5.58. The van der Waals surface area contributed by atoms with Crippen LogP contribution >= 0.6 is 15.9 Å². The molecule has 0 fully saturated rings. The van der Waals surface area contributed by atoms with E-state index in [-0.39, 0.29) is 13.2 Å². The number of para-hydroxylation sites is 1. The molecule has 0 aromatic heterocycles. The largest absolute Gasteiger partial charge is 0.452 e. The fourth-order valence-corrected chi connectivity index (χ4v) is 2.64. The number of esters is 1. The Morgan fingerprint density at radius 3 is 2.64 bits per heavy atom. The summed E-state index contributed by atoms with van der Waals surface area (Å²) in [4.78, 5) is 24.2. The standard InChI is InChI=1S/C18H19BrN2O4/c1-12-10-13(19)6-7-15(12)21-17(23)11-25-18(24)14-4-2-3-5-16(14)20-8-9-22/h2-7,10,20,22H,8-9,11H2,1H3,(H,21,23). The summed E-state index contributed by atoms with van der Waals surface area (Å²) >= 11 is 3.36. The van der Waals surface area contributed by atoms with Gasteiger partial charge in [0.05, 0.1) is 12.2 Å². The lowest BCUT2D eigenvalue weighted by atomic mass is 10.2. The molecule has 0 saturated carbocycles. The first-order valence-electron chi connectivity index (χ1n) is 7.68. The summed E-state index contributed by atoms with van der Waals surface area (Å²) < 4.78 is 6.00. The Bertz CT molecular complexity index is 764. The number of hydrogen-bond acceptors (Lipinski definition) is 5. The van der Waals surface area contributed by atoms with E-state index in [2.05, 4.69) is 26.6 Å². The zero-order chi connectivity index (χ0) is 18.2. The van der Waals surface area contributed by atoms with Crippen LogP contribution in [0.5, 0.6) is 0 Å². The van der Waals surface area contributed by atoms with Crippen LogP contribution in [0, 0.1) is 6.92 Å². The second kappa shape index (κ2) is 9.19. The van der Waals surface area contributed by atoms with Gasteiger partial charge in [-0.05, 0) is 42.8 Å². The molecule has 0 spiro atoms. The number of nitrogens with one attached hydrogen (secondary N) is 2. The Balaban J connectivity index is 1.94. The van der Waals surface area contributed by atoms with E-state index in [4.69, 9.17) is 9.84 Å². The summed E-state index contributed by atoms with van der Waals surface area (Å²) in [5, 5.41) is 14.5. The first-order valence-corrected chi connectivity index (χ1v) is 8.47. The molecule has 25 heavy (non-hydrogen) atoms. The van der Waals surface area contributed by atoms with Crippen LogP contribution in [-0.2, 0) is 9.53 Å². The van der Waals surface area contributed by atoms with Crippen molar-refractivity contribution in [3.05, 3.63) is 58.1 Å². The number of aryl methyl sites for hydroxylation is 1. The van der Waals surface area contributed by atoms with Gasteiger partial charge >= 0.3 is 5.97 Å². The van der Waals surface area contributed by atoms with Crippen LogP contribution in [0.4, 0.5) is 11.4 Å². The molecule has 2 aromatic carbocycles. The second-order valence-electron chi connectivity index (χ2n) is 5.28. The molecule has 0 bridgehead atoms. The molecule has 1 amide bonds. The number of carbonyl (C=O) groups excluding carboxylic acids is 2. The van der Waals surface area contributed by atoms with Gasteiger partial charge in [-0.15, -0.1) is 0 Å². The Labute approximate surface area is 154 Å². The van der Waals surface area contributed by atoms with Gasteiger partial charge in [0.15, 0.2) is 6.61 Å². The third-order valence-electron chi connectivity index (χ3n) is 3.37. The van der Waals surface area contributed by atoms with Crippen molar-refractivity contribution < 1.29 is 19.4 Å². The summed E-state index contributed by atoms with van der Waals surface area (Å²) in [5.41, 5.74) is 2.41. The monoisotopic (exact) mass is 406 g/mol. The highest BCUT2D eigenvalue weighted by molar-refractivity contribution is 9.10. The molecule has 132 valence electrons. The van der Waals surface area contributed by atoms with Crippen molar-refractivity contribution in [2.24, 2.45) is 0 Å². The van der Waals surface area contributed by atoms with Gasteiger partial charge in [-0.1, -0.05) is 28.1 Å². The molecule has 2 aromatic rings. The fraction of sp³-hybridized carbons (Fsp3) is 0.222. The van der Waals surface area contributed by atoms with Crippen molar-refractivity contribution in [1.82, 2.24) is 0 Å². The maximum atomic E-state index is 12.2. The molecule has 0 unspecified atom stereocenters. The topological polar surface area (TPSA) is 87.7 Å². The van der Waals surface area contributed by atoms with Crippen LogP contribution in [0.15, 0.2) is 46.9 Å². The SMILES string of the molecule is Cc1cc(Br)ccc1NC(=O)COC(=O)c1ccccc1NCCO. The summed E-state index contributed by atoms with van der Waals surface area (Å²) in [7, 11) is 0. The number of ether oxygens (including phenoxy) is 1. The number of aliphatic hydroxyl groups excluding tert-OH is 1. The van der Waals surface area contributed by atoms with Crippen LogP contribution < -0.4 is 10.6 Å². The second-order valence-corrected chi connectivity index (χ2v) is 6.20. The first-order chi connectivity index (χ1) is 12.0. The number of hydrogen-bond donors (Lipinski definition) is 3. The van der Waals surface area contributed by atoms with Crippen LogP contribution in [0.25, 0.3) is 0 Å². The number of amides is 1. The van der Waals surface area contributed by atoms with Gasteiger partial charge in [0.25, 0.3) is 5.91 Å².